The average molecular weight is 279 g/mol. The molecule has 0 radical (unpaired) electrons. The lowest BCUT2D eigenvalue weighted by molar-refractivity contribution is 0.351. The summed E-state index contributed by atoms with van der Waals surface area (Å²) in [5.41, 5.74) is 2.11. The highest BCUT2D eigenvalue weighted by molar-refractivity contribution is 7.99. The number of benzene rings is 1. The van der Waals surface area contributed by atoms with Crippen molar-refractivity contribution in [3.05, 3.63) is 29.3 Å². The predicted molar refractivity (Wildman–Crippen MR) is 84.0 cm³/mol. The van der Waals surface area contributed by atoms with E-state index in [0.717, 1.165) is 11.1 Å². The number of hydrogen-bond donors (Lipinski definition) is 2. The summed E-state index contributed by atoms with van der Waals surface area (Å²) in [6, 6.07) is 6.73. The quantitative estimate of drug-likeness (QED) is 0.873. The molecule has 0 heterocycles. The van der Waals surface area contributed by atoms with Crippen LogP contribution < -0.4 is 5.32 Å². The fourth-order valence-corrected chi connectivity index (χ4v) is 3.95. The molecule has 0 saturated heterocycles. The number of phenolic OH excluding ortho intramolecular Hbond substituents is 1. The first-order valence-electron chi connectivity index (χ1n) is 7.20. The Labute approximate surface area is 121 Å². The van der Waals surface area contributed by atoms with E-state index in [2.05, 4.69) is 24.6 Å². The van der Waals surface area contributed by atoms with Crippen LogP contribution in [0.4, 0.5) is 0 Å². The molecule has 3 heteroatoms. The summed E-state index contributed by atoms with van der Waals surface area (Å²) in [7, 11) is 0. The third kappa shape index (κ3) is 3.67. The predicted octanol–water partition coefficient (Wildman–Crippen LogP) is 4.03. The number of rotatable bonds is 4. The molecule has 1 aliphatic carbocycles. The lowest BCUT2D eigenvalue weighted by Crippen LogP contribution is -2.41. The summed E-state index contributed by atoms with van der Waals surface area (Å²) in [5, 5.41) is 14.5. The van der Waals surface area contributed by atoms with Crippen molar-refractivity contribution in [2.45, 2.75) is 56.9 Å². The van der Waals surface area contributed by atoms with Crippen molar-refractivity contribution in [3.63, 3.8) is 0 Å². The van der Waals surface area contributed by atoms with Gasteiger partial charge in [0.15, 0.2) is 0 Å². The van der Waals surface area contributed by atoms with Crippen LogP contribution in [-0.2, 0) is 0 Å². The normalized spacial score (nSPS) is 25.2. The first-order valence-corrected chi connectivity index (χ1v) is 8.49. The van der Waals surface area contributed by atoms with E-state index in [1.165, 1.54) is 25.7 Å². The molecule has 1 saturated carbocycles. The van der Waals surface area contributed by atoms with Crippen LogP contribution in [-0.4, -0.2) is 22.7 Å². The summed E-state index contributed by atoms with van der Waals surface area (Å²) >= 11 is 1.97. The molecule has 106 valence electrons. The van der Waals surface area contributed by atoms with E-state index in [4.69, 9.17) is 0 Å². The molecule has 2 N–H and O–H groups in total. The van der Waals surface area contributed by atoms with E-state index < -0.39 is 0 Å². The van der Waals surface area contributed by atoms with Crippen molar-refractivity contribution >= 4 is 11.8 Å². The van der Waals surface area contributed by atoms with Crippen molar-refractivity contribution in [3.8, 4) is 5.75 Å². The first-order chi connectivity index (χ1) is 9.11. The molecule has 1 aliphatic rings. The smallest absolute Gasteiger partial charge is 0.120 e. The molecule has 3 atom stereocenters. The largest absolute Gasteiger partial charge is 0.508 e. The molecular weight excluding hydrogens is 254 g/mol. The van der Waals surface area contributed by atoms with Gasteiger partial charge in [-0.1, -0.05) is 25.0 Å². The van der Waals surface area contributed by atoms with E-state index >= 15 is 0 Å². The molecule has 0 bridgehead atoms. The van der Waals surface area contributed by atoms with Crippen molar-refractivity contribution in [2.75, 3.05) is 6.26 Å². The van der Waals surface area contributed by atoms with Crippen LogP contribution in [0, 0.1) is 6.92 Å². The number of thioether (sulfide) groups is 1. The highest BCUT2D eigenvalue weighted by Gasteiger charge is 2.26. The van der Waals surface area contributed by atoms with Gasteiger partial charge in [0.05, 0.1) is 0 Å². The van der Waals surface area contributed by atoms with Gasteiger partial charge in [-0.15, -0.1) is 0 Å². The minimum Gasteiger partial charge on any atom is -0.508 e. The standard InChI is InChI=1S/C16H25NOS/c1-11-8-9-13(15(18)10-11)12(2)17-14-6-4-5-7-16(14)19-3/h8-10,12,14,16-18H,4-7H2,1-3H3. The molecule has 0 amide bonds. The highest BCUT2D eigenvalue weighted by Crippen LogP contribution is 2.31. The Morgan fingerprint density at radius 2 is 2.05 bits per heavy atom. The van der Waals surface area contributed by atoms with Crippen LogP contribution in [0.1, 0.15) is 49.8 Å². The summed E-state index contributed by atoms with van der Waals surface area (Å²) in [6.45, 7) is 4.16. The van der Waals surface area contributed by atoms with Gasteiger partial charge in [0.2, 0.25) is 0 Å². The van der Waals surface area contributed by atoms with Crippen LogP contribution in [0.5, 0.6) is 5.75 Å². The summed E-state index contributed by atoms with van der Waals surface area (Å²) < 4.78 is 0. The fourth-order valence-electron chi connectivity index (χ4n) is 3.00. The third-order valence-corrected chi connectivity index (χ3v) is 5.29. The molecule has 1 aromatic rings. The molecule has 3 unspecified atom stereocenters. The van der Waals surface area contributed by atoms with Gasteiger partial charge in [-0.05, 0) is 44.6 Å². The van der Waals surface area contributed by atoms with E-state index in [-0.39, 0.29) is 6.04 Å². The number of phenols is 1. The molecule has 2 nitrogen and oxygen atoms in total. The SMILES string of the molecule is CSC1CCCCC1NC(C)c1ccc(C)cc1O. The molecule has 0 aromatic heterocycles. The second kappa shape index (κ2) is 6.67. The Morgan fingerprint density at radius 1 is 1.32 bits per heavy atom. The maximum absolute atomic E-state index is 10.1. The maximum atomic E-state index is 10.1. The van der Waals surface area contributed by atoms with Crippen LogP contribution in [0.25, 0.3) is 0 Å². The van der Waals surface area contributed by atoms with Crippen molar-refractivity contribution < 1.29 is 5.11 Å². The van der Waals surface area contributed by atoms with Crippen molar-refractivity contribution in [1.29, 1.82) is 0 Å². The van der Waals surface area contributed by atoms with E-state index in [9.17, 15) is 5.11 Å². The Bertz CT molecular complexity index is 421. The number of aryl methyl sites for hydroxylation is 1. The highest BCUT2D eigenvalue weighted by atomic mass is 32.2. The van der Waals surface area contributed by atoms with Gasteiger partial charge in [-0.25, -0.2) is 0 Å². The topological polar surface area (TPSA) is 32.3 Å². The number of aromatic hydroxyl groups is 1. The number of hydrogen-bond acceptors (Lipinski definition) is 3. The maximum Gasteiger partial charge on any atom is 0.120 e. The summed E-state index contributed by atoms with van der Waals surface area (Å²) in [4.78, 5) is 0. The zero-order valence-electron chi connectivity index (χ0n) is 12.1. The van der Waals surface area contributed by atoms with Gasteiger partial charge in [0.1, 0.15) is 5.75 Å². The molecule has 1 aromatic carbocycles. The Morgan fingerprint density at radius 3 is 2.74 bits per heavy atom. The average Bonchev–Trinajstić information content (AvgIpc) is 2.39. The van der Waals surface area contributed by atoms with Crippen LogP contribution in [0.2, 0.25) is 0 Å². The molecule has 1 fully saturated rings. The zero-order valence-corrected chi connectivity index (χ0v) is 13.0. The summed E-state index contributed by atoms with van der Waals surface area (Å²) in [5.74, 6) is 0.413. The van der Waals surface area contributed by atoms with Gasteiger partial charge in [-0.2, -0.15) is 11.8 Å². The Kier molecular flexibility index (Phi) is 5.17. The van der Waals surface area contributed by atoms with Crippen LogP contribution >= 0.6 is 11.8 Å². The van der Waals surface area contributed by atoms with Gasteiger partial charge in [0, 0.05) is 22.9 Å². The Balaban J connectivity index is 2.05. The number of nitrogens with one attached hydrogen (secondary N) is 1. The van der Waals surface area contributed by atoms with Crippen molar-refractivity contribution in [1.82, 2.24) is 5.32 Å². The monoisotopic (exact) mass is 279 g/mol. The fraction of sp³-hybridized carbons (Fsp3) is 0.625. The molecule has 0 spiro atoms. The first kappa shape index (κ1) is 14.7. The van der Waals surface area contributed by atoms with Crippen LogP contribution in [0.3, 0.4) is 0 Å². The lowest BCUT2D eigenvalue weighted by Gasteiger charge is -2.33. The van der Waals surface area contributed by atoms with Gasteiger partial charge >= 0.3 is 0 Å². The minimum atomic E-state index is 0.207. The van der Waals surface area contributed by atoms with Crippen molar-refractivity contribution in [2.24, 2.45) is 0 Å². The molecule has 2 rings (SSSR count). The van der Waals surface area contributed by atoms with E-state index in [0.29, 0.717) is 17.0 Å². The van der Waals surface area contributed by atoms with Crippen LogP contribution in [0.15, 0.2) is 18.2 Å². The lowest BCUT2D eigenvalue weighted by atomic mass is 9.93. The van der Waals surface area contributed by atoms with Gasteiger partial charge in [0.25, 0.3) is 0 Å². The summed E-state index contributed by atoms with van der Waals surface area (Å²) in [6.07, 6.45) is 7.45. The minimum absolute atomic E-state index is 0.207. The Hall–Kier alpha value is -0.670. The van der Waals surface area contributed by atoms with Gasteiger partial charge < -0.3 is 10.4 Å². The molecule has 0 aliphatic heterocycles. The second-order valence-corrected chi connectivity index (χ2v) is 6.69. The molecule has 19 heavy (non-hydrogen) atoms. The zero-order chi connectivity index (χ0) is 13.8. The third-order valence-electron chi connectivity index (χ3n) is 4.12. The van der Waals surface area contributed by atoms with E-state index in [1.807, 2.05) is 30.8 Å². The molecular formula is C16H25NOS. The van der Waals surface area contributed by atoms with E-state index in [1.54, 1.807) is 0 Å². The van der Waals surface area contributed by atoms with Gasteiger partial charge in [-0.3, -0.25) is 0 Å². The second-order valence-electron chi connectivity index (χ2n) is 5.62.